The van der Waals surface area contributed by atoms with E-state index in [0.717, 1.165) is 0 Å². The van der Waals surface area contributed by atoms with Crippen LogP contribution in [-0.2, 0) is 0 Å². The molecule has 0 aromatic heterocycles. The van der Waals surface area contributed by atoms with Crippen LogP contribution in [0.25, 0.3) is 0 Å². The van der Waals surface area contributed by atoms with E-state index in [1.54, 1.807) is 19.2 Å². The average molecular weight is 364 g/mol. The first-order valence-electron chi connectivity index (χ1n) is 7.43. The van der Waals surface area contributed by atoms with E-state index >= 15 is 0 Å². The molecule has 0 bridgehead atoms. The Morgan fingerprint density at radius 3 is 2.58 bits per heavy atom. The third-order valence-electron chi connectivity index (χ3n) is 3.02. The average Bonchev–Trinajstić information content (AvgIpc) is 2.54. The van der Waals surface area contributed by atoms with E-state index in [4.69, 9.17) is 14.9 Å². The lowest BCUT2D eigenvalue weighted by atomic mass is 10.3. The number of nitrogens with one attached hydrogen (secondary N) is 2. The van der Waals surface area contributed by atoms with Crippen molar-refractivity contribution in [2.45, 2.75) is 6.10 Å². The Kier molecular flexibility index (Phi) is 11.7. The minimum absolute atomic E-state index is 0. The van der Waals surface area contributed by atoms with Crippen molar-refractivity contribution < 1.29 is 24.9 Å². The number of aliphatic hydroxyl groups is 2. The van der Waals surface area contributed by atoms with Gasteiger partial charge in [-0.25, -0.2) is 4.79 Å². The van der Waals surface area contributed by atoms with Crippen LogP contribution in [0.3, 0.4) is 0 Å². The highest BCUT2D eigenvalue weighted by molar-refractivity contribution is 5.85. The van der Waals surface area contributed by atoms with Gasteiger partial charge in [0.2, 0.25) is 0 Å². The number of halogens is 1. The zero-order valence-electron chi connectivity index (χ0n) is 13.6. The van der Waals surface area contributed by atoms with Gasteiger partial charge in [0.05, 0.1) is 6.61 Å². The highest BCUT2D eigenvalue weighted by Crippen LogP contribution is 2.15. The van der Waals surface area contributed by atoms with Crippen LogP contribution in [0.2, 0.25) is 0 Å². The van der Waals surface area contributed by atoms with Gasteiger partial charge in [0.1, 0.15) is 24.2 Å². The smallest absolute Gasteiger partial charge is 0.317 e. The Morgan fingerprint density at radius 2 is 1.96 bits per heavy atom. The number of hydrogen-bond donors (Lipinski definition) is 5. The standard InChI is InChI=1S/C15H25N3O5.ClH/c1-18(8-9-19)15(22)17-7-6-16-10-13(21)11-23-14-4-2-12(20)3-5-14;/h2-5,13,16,19-21H,6-11H2,1H3,(H,17,22);1H. The molecule has 0 radical (unpaired) electrons. The summed E-state index contributed by atoms with van der Waals surface area (Å²) in [6.45, 7) is 1.60. The quantitative estimate of drug-likeness (QED) is 0.367. The van der Waals surface area contributed by atoms with Crippen LogP contribution >= 0.6 is 12.4 Å². The van der Waals surface area contributed by atoms with Crippen molar-refractivity contribution in [3.8, 4) is 11.5 Å². The first-order chi connectivity index (χ1) is 11.0. The summed E-state index contributed by atoms with van der Waals surface area (Å²) in [7, 11) is 1.60. The van der Waals surface area contributed by atoms with Gasteiger partial charge in [-0.3, -0.25) is 0 Å². The van der Waals surface area contributed by atoms with Crippen LogP contribution in [0.15, 0.2) is 24.3 Å². The fraction of sp³-hybridized carbons (Fsp3) is 0.533. The Hall–Kier alpha value is -1.74. The molecule has 0 fully saturated rings. The van der Waals surface area contributed by atoms with Crippen molar-refractivity contribution in [3.63, 3.8) is 0 Å². The van der Waals surface area contributed by atoms with Crippen LogP contribution in [0, 0.1) is 0 Å². The third kappa shape index (κ3) is 9.41. The molecule has 24 heavy (non-hydrogen) atoms. The number of carbonyl (C=O) groups excluding carboxylic acids is 1. The largest absolute Gasteiger partial charge is 0.508 e. The molecular weight excluding hydrogens is 338 g/mol. The molecule has 0 aliphatic heterocycles. The fourth-order valence-electron chi connectivity index (χ4n) is 1.71. The molecule has 1 aromatic carbocycles. The summed E-state index contributed by atoms with van der Waals surface area (Å²) < 4.78 is 5.38. The molecule has 5 N–H and O–H groups in total. The van der Waals surface area contributed by atoms with Crippen LogP contribution in [0.5, 0.6) is 11.5 Å². The van der Waals surface area contributed by atoms with Crippen LogP contribution in [0.4, 0.5) is 4.79 Å². The maximum atomic E-state index is 11.5. The number of hydrogen-bond acceptors (Lipinski definition) is 6. The number of carbonyl (C=O) groups is 1. The van der Waals surface area contributed by atoms with E-state index in [9.17, 15) is 9.90 Å². The summed E-state index contributed by atoms with van der Waals surface area (Å²) in [6.07, 6.45) is -0.684. The minimum atomic E-state index is -0.684. The molecule has 0 aliphatic carbocycles. The Labute approximate surface area is 147 Å². The van der Waals surface area contributed by atoms with E-state index in [-0.39, 0.29) is 43.9 Å². The number of phenolic OH excluding ortho intramolecular Hbond substituents is 1. The number of likely N-dealkylation sites (N-methyl/N-ethyl adjacent to an activating group) is 1. The predicted molar refractivity (Wildman–Crippen MR) is 92.8 cm³/mol. The predicted octanol–water partition coefficient (Wildman–Crippen LogP) is -0.223. The van der Waals surface area contributed by atoms with Gasteiger partial charge < -0.3 is 35.6 Å². The summed E-state index contributed by atoms with van der Waals surface area (Å²) in [5.74, 6) is 0.729. The lowest BCUT2D eigenvalue weighted by Gasteiger charge is -2.17. The number of nitrogens with zero attached hydrogens (tertiary/aromatic N) is 1. The summed E-state index contributed by atoms with van der Waals surface area (Å²) in [5, 5.41) is 33.3. The van der Waals surface area contributed by atoms with E-state index in [1.165, 1.54) is 17.0 Å². The number of rotatable bonds is 10. The normalized spacial score (nSPS) is 11.3. The number of phenols is 1. The second kappa shape index (κ2) is 12.7. The molecule has 0 spiro atoms. The maximum Gasteiger partial charge on any atom is 0.317 e. The van der Waals surface area contributed by atoms with E-state index in [0.29, 0.717) is 25.4 Å². The molecular formula is C15H26ClN3O5. The summed E-state index contributed by atoms with van der Waals surface area (Å²) in [5.41, 5.74) is 0. The monoisotopic (exact) mass is 363 g/mol. The number of urea groups is 1. The molecule has 1 rings (SSSR count). The van der Waals surface area contributed by atoms with Crippen molar-refractivity contribution in [3.05, 3.63) is 24.3 Å². The molecule has 1 aromatic rings. The molecule has 1 unspecified atom stereocenters. The highest BCUT2D eigenvalue weighted by atomic mass is 35.5. The van der Waals surface area contributed by atoms with Gasteiger partial charge in [-0.1, -0.05) is 0 Å². The number of ether oxygens (including phenoxy) is 1. The van der Waals surface area contributed by atoms with E-state index in [2.05, 4.69) is 10.6 Å². The van der Waals surface area contributed by atoms with Crippen molar-refractivity contribution in [2.24, 2.45) is 0 Å². The molecule has 8 nitrogen and oxygen atoms in total. The van der Waals surface area contributed by atoms with Gasteiger partial charge in [-0.2, -0.15) is 0 Å². The van der Waals surface area contributed by atoms with Crippen LogP contribution in [0.1, 0.15) is 0 Å². The number of benzene rings is 1. The van der Waals surface area contributed by atoms with Crippen molar-refractivity contribution in [2.75, 3.05) is 46.4 Å². The topological polar surface area (TPSA) is 114 Å². The molecule has 2 amide bonds. The first kappa shape index (κ1) is 22.3. The first-order valence-corrected chi connectivity index (χ1v) is 7.43. The third-order valence-corrected chi connectivity index (χ3v) is 3.02. The lowest BCUT2D eigenvalue weighted by molar-refractivity contribution is 0.106. The highest BCUT2D eigenvalue weighted by Gasteiger charge is 2.07. The molecule has 9 heteroatoms. The van der Waals surface area contributed by atoms with Crippen molar-refractivity contribution in [1.82, 2.24) is 15.5 Å². The Morgan fingerprint density at radius 1 is 1.29 bits per heavy atom. The molecule has 0 heterocycles. The van der Waals surface area contributed by atoms with Gasteiger partial charge in [-0.15, -0.1) is 12.4 Å². The Bertz CT molecular complexity index is 461. The van der Waals surface area contributed by atoms with E-state index < -0.39 is 6.10 Å². The van der Waals surface area contributed by atoms with Gasteiger partial charge in [0.15, 0.2) is 0 Å². The fourth-order valence-corrected chi connectivity index (χ4v) is 1.71. The van der Waals surface area contributed by atoms with Crippen LogP contribution in [-0.4, -0.2) is 78.8 Å². The second-order valence-electron chi connectivity index (χ2n) is 5.04. The second-order valence-corrected chi connectivity index (χ2v) is 5.04. The van der Waals surface area contributed by atoms with Crippen molar-refractivity contribution >= 4 is 18.4 Å². The number of amides is 2. The van der Waals surface area contributed by atoms with Crippen LogP contribution < -0.4 is 15.4 Å². The van der Waals surface area contributed by atoms with Crippen molar-refractivity contribution in [1.29, 1.82) is 0 Å². The molecule has 0 saturated carbocycles. The lowest BCUT2D eigenvalue weighted by Crippen LogP contribution is -2.42. The maximum absolute atomic E-state index is 11.5. The van der Waals surface area contributed by atoms with Gasteiger partial charge >= 0.3 is 6.03 Å². The zero-order chi connectivity index (χ0) is 17.1. The SMILES string of the molecule is CN(CCO)C(=O)NCCNCC(O)COc1ccc(O)cc1.Cl. The van der Waals surface area contributed by atoms with E-state index in [1.807, 2.05) is 0 Å². The van der Waals surface area contributed by atoms with Gasteiger partial charge in [0.25, 0.3) is 0 Å². The summed E-state index contributed by atoms with van der Waals surface area (Å²) >= 11 is 0. The molecule has 138 valence electrons. The van der Waals surface area contributed by atoms with Gasteiger partial charge in [-0.05, 0) is 24.3 Å². The Balaban J connectivity index is 0.00000529. The number of aromatic hydroxyl groups is 1. The zero-order valence-corrected chi connectivity index (χ0v) is 14.5. The molecule has 0 aliphatic rings. The molecule has 0 saturated heterocycles. The van der Waals surface area contributed by atoms with Gasteiger partial charge in [0, 0.05) is 33.2 Å². The number of aliphatic hydroxyl groups excluding tert-OH is 2. The summed E-state index contributed by atoms with van der Waals surface area (Å²) in [6, 6.07) is 6.01. The minimum Gasteiger partial charge on any atom is -0.508 e. The summed E-state index contributed by atoms with van der Waals surface area (Å²) in [4.78, 5) is 12.9. The molecule has 1 atom stereocenters.